The van der Waals surface area contributed by atoms with E-state index < -0.39 is 10.0 Å². The van der Waals surface area contributed by atoms with E-state index in [0.717, 1.165) is 25.1 Å². The van der Waals surface area contributed by atoms with Gasteiger partial charge in [0.2, 0.25) is 15.9 Å². The maximum Gasteiger partial charge on any atom is 0.243 e. The topological polar surface area (TPSA) is 78.5 Å². The van der Waals surface area contributed by atoms with Gasteiger partial charge < -0.3 is 10.6 Å². The fourth-order valence-electron chi connectivity index (χ4n) is 4.25. The molecule has 2 saturated heterocycles. The van der Waals surface area contributed by atoms with E-state index in [1.54, 1.807) is 30.3 Å². The molecule has 3 atom stereocenters. The molecule has 7 heteroatoms. The molecule has 0 saturated carbocycles. The molecule has 0 bridgehead atoms. The second-order valence-electron chi connectivity index (χ2n) is 7.79. The van der Waals surface area contributed by atoms with Gasteiger partial charge in [-0.15, -0.1) is 0 Å². The Labute approximate surface area is 172 Å². The minimum absolute atomic E-state index is 0.0431. The smallest absolute Gasteiger partial charge is 0.243 e. The monoisotopic (exact) mass is 413 g/mol. The highest BCUT2D eigenvalue weighted by molar-refractivity contribution is 7.89. The van der Waals surface area contributed by atoms with E-state index in [-0.39, 0.29) is 35.3 Å². The minimum atomic E-state index is -3.71. The van der Waals surface area contributed by atoms with E-state index in [0.29, 0.717) is 12.8 Å². The molecule has 2 fully saturated rings. The predicted octanol–water partition coefficient (Wildman–Crippen LogP) is 2.31. The highest BCUT2D eigenvalue weighted by Gasteiger charge is 2.40. The van der Waals surface area contributed by atoms with E-state index in [2.05, 4.69) is 10.6 Å². The SMILES string of the molecule is O=C(NC1CCNC1)C1CC[C@@H](c2ccccc2)N(S(=O)(=O)c2ccccc2)C1. The van der Waals surface area contributed by atoms with Crippen LogP contribution in [0.4, 0.5) is 0 Å². The van der Waals surface area contributed by atoms with Gasteiger partial charge in [-0.25, -0.2) is 8.42 Å². The third kappa shape index (κ3) is 4.37. The summed E-state index contributed by atoms with van der Waals surface area (Å²) in [4.78, 5) is 13.1. The van der Waals surface area contributed by atoms with Gasteiger partial charge in [0.1, 0.15) is 0 Å². The third-order valence-corrected chi connectivity index (χ3v) is 7.74. The Morgan fingerprint density at radius 3 is 2.31 bits per heavy atom. The number of hydrogen-bond donors (Lipinski definition) is 2. The summed E-state index contributed by atoms with van der Waals surface area (Å²) in [5, 5.41) is 6.33. The molecule has 6 nitrogen and oxygen atoms in total. The van der Waals surface area contributed by atoms with Crippen LogP contribution in [0.2, 0.25) is 0 Å². The van der Waals surface area contributed by atoms with Crippen molar-refractivity contribution in [3.8, 4) is 0 Å². The Kier molecular flexibility index (Phi) is 5.99. The highest BCUT2D eigenvalue weighted by Crippen LogP contribution is 2.37. The van der Waals surface area contributed by atoms with Gasteiger partial charge in [0.25, 0.3) is 0 Å². The molecular weight excluding hydrogens is 386 g/mol. The molecule has 0 aliphatic carbocycles. The summed E-state index contributed by atoms with van der Waals surface area (Å²) in [5.41, 5.74) is 0.964. The fourth-order valence-corrected chi connectivity index (χ4v) is 5.96. The van der Waals surface area contributed by atoms with Crippen LogP contribution in [0.25, 0.3) is 0 Å². The molecule has 0 aromatic heterocycles. The molecule has 29 heavy (non-hydrogen) atoms. The van der Waals surface area contributed by atoms with Crippen LogP contribution in [0, 0.1) is 5.92 Å². The zero-order chi connectivity index (χ0) is 20.3. The van der Waals surface area contributed by atoms with Crippen molar-refractivity contribution < 1.29 is 13.2 Å². The van der Waals surface area contributed by atoms with Crippen LogP contribution in [0.1, 0.15) is 30.9 Å². The number of carbonyl (C=O) groups excluding carboxylic acids is 1. The Morgan fingerprint density at radius 1 is 0.966 bits per heavy atom. The fraction of sp³-hybridized carbons (Fsp3) is 0.409. The average molecular weight is 414 g/mol. The summed E-state index contributed by atoms with van der Waals surface area (Å²) in [6.45, 7) is 1.88. The summed E-state index contributed by atoms with van der Waals surface area (Å²) >= 11 is 0. The maximum absolute atomic E-state index is 13.5. The first kappa shape index (κ1) is 20.1. The van der Waals surface area contributed by atoms with Crippen LogP contribution >= 0.6 is 0 Å². The molecule has 2 N–H and O–H groups in total. The molecule has 2 unspecified atom stereocenters. The molecule has 1 amide bonds. The first-order chi connectivity index (χ1) is 14.1. The zero-order valence-corrected chi connectivity index (χ0v) is 17.1. The van der Waals surface area contributed by atoms with Crippen LogP contribution in [0.5, 0.6) is 0 Å². The zero-order valence-electron chi connectivity index (χ0n) is 16.3. The molecule has 2 heterocycles. The van der Waals surface area contributed by atoms with Crippen molar-refractivity contribution in [2.45, 2.75) is 36.2 Å². The Balaban J connectivity index is 1.61. The van der Waals surface area contributed by atoms with E-state index in [9.17, 15) is 13.2 Å². The molecule has 4 rings (SSSR count). The van der Waals surface area contributed by atoms with Gasteiger partial charge >= 0.3 is 0 Å². The largest absolute Gasteiger partial charge is 0.352 e. The molecule has 2 aromatic carbocycles. The quantitative estimate of drug-likeness (QED) is 0.789. The lowest BCUT2D eigenvalue weighted by atomic mass is 9.90. The minimum Gasteiger partial charge on any atom is -0.352 e. The number of benzene rings is 2. The number of carbonyl (C=O) groups is 1. The van der Waals surface area contributed by atoms with E-state index in [4.69, 9.17) is 0 Å². The molecule has 2 aliphatic rings. The summed E-state index contributed by atoms with van der Waals surface area (Å²) in [7, 11) is -3.71. The molecule has 154 valence electrons. The first-order valence-electron chi connectivity index (χ1n) is 10.2. The average Bonchev–Trinajstić information content (AvgIpc) is 3.27. The molecule has 0 radical (unpaired) electrons. The number of nitrogens with one attached hydrogen (secondary N) is 2. The highest BCUT2D eigenvalue weighted by atomic mass is 32.2. The molecule has 2 aliphatic heterocycles. The molecular formula is C22H27N3O3S. The second kappa shape index (κ2) is 8.65. The van der Waals surface area contributed by atoms with Gasteiger partial charge in [-0.2, -0.15) is 4.31 Å². The number of piperidine rings is 1. The van der Waals surface area contributed by atoms with E-state index >= 15 is 0 Å². The van der Waals surface area contributed by atoms with Crippen molar-refractivity contribution in [3.63, 3.8) is 0 Å². The van der Waals surface area contributed by atoms with Crippen molar-refractivity contribution >= 4 is 15.9 Å². The summed E-state index contributed by atoms with van der Waals surface area (Å²) in [6, 6.07) is 18.1. The van der Waals surface area contributed by atoms with Crippen LogP contribution < -0.4 is 10.6 Å². The van der Waals surface area contributed by atoms with Crippen molar-refractivity contribution in [1.29, 1.82) is 0 Å². The van der Waals surface area contributed by atoms with Gasteiger partial charge in [0.15, 0.2) is 0 Å². The number of rotatable bonds is 5. The molecule has 0 spiro atoms. The Hall–Kier alpha value is -2.22. The number of hydrogen-bond acceptors (Lipinski definition) is 4. The van der Waals surface area contributed by atoms with Gasteiger partial charge in [0, 0.05) is 19.1 Å². The van der Waals surface area contributed by atoms with Crippen LogP contribution in [-0.2, 0) is 14.8 Å². The third-order valence-electron chi connectivity index (χ3n) is 5.85. The van der Waals surface area contributed by atoms with E-state index in [1.165, 1.54) is 4.31 Å². The van der Waals surface area contributed by atoms with Crippen LogP contribution in [0.15, 0.2) is 65.6 Å². The van der Waals surface area contributed by atoms with Gasteiger partial charge in [0.05, 0.1) is 16.9 Å². The van der Waals surface area contributed by atoms with Crippen LogP contribution in [0.3, 0.4) is 0 Å². The van der Waals surface area contributed by atoms with Crippen LogP contribution in [-0.4, -0.2) is 44.3 Å². The number of nitrogens with zero attached hydrogens (tertiary/aromatic N) is 1. The lowest BCUT2D eigenvalue weighted by molar-refractivity contribution is -0.127. The van der Waals surface area contributed by atoms with Gasteiger partial charge in [-0.05, 0) is 43.5 Å². The van der Waals surface area contributed by atoms with Crippen molar-refractivity contribution in [1.82, 2.24) is 14.9 Å². The van der Waals surface area contributed by atoms with Crippen molar-refractivity contribution in [2.75, 3.05) is 19.6 Å². The van der Waals surface area contributed by atoms with Crippen molar-refractivity contribution in [3.05, 3.63) is 66.2 Å². The predicted molar refractivity (Wildman–Crippen MR) is 112 cm³/mol. The first-order valence-corrected chi connectivity index (χ1v) is 11.6. The molecule has 2 aromatic rings. The standard InChI is InChI=1S/C22H27N3O3S/c26-22(24-19-13-14-23-15-19)18-11-12-21(17-7-3-1-4-8-17)25(16-18)29(27,28)20-9-5-2-6-10-20/h1-10,18-19,21,23H,11-16H2,(H,24,26)/t18?,19?,21-/m0/s1. The summed E-state index contributed by atoms with van der Waals surface area (Å²) in [6.07, 6.45) is 2.21. The Morgan fingerprint density at radius 2 is 1.66 bits per heavy atom. The van der Waals surface area contributed by atoms with Crippen molar-refractivity contribution in [2.24, 2.45) is 5.92 Å². The lowest BCUT2D eigenvalue weighted by Crippen LogP contribution is -2.49. The maximum atomic E-state index is 13.5. The second-order valence-corrected chi connectivity index (χ2v) is 9.68. The Bertz CT molecular complexity index is 928. The normalized spacial score (nSPS) is 25.6. The van der Waals surface area contributed by atoms with Gasteiger partial charge in [-0.1, -0.05) is 48.5 Å². The number of amides is 1. The van der Waals surface area contributed by atoms with E-state index in [1.807, 2.05) is 30.3 Å². The summed E-state index contributed by atoms with van der Waals surface area (Å²) < 4.78 is 28.5. The van der Waals surface area contributed by atoms with Gasteiger partial charge in [-0.3, -0.25) is 4.79 Å². The summed E-state index contributed by atoms with van der Waals surface area (Å²) in [5.74, 6) is -0.382. The number of sulfonamides is 1. The lowest BCUT2D eigenvalue weighted by Gasteiger charge is -2.38.